The zero-order valence-electron chi connectivity index (χ0n) is 20.4. The molecule has 0 radical (unpaired) electrons. The molecule has 4 aliphatic carbocycles. The highest BCUT2D eigenvalue weighted by Gasteiger charge is 2.62. The Balaban J connectivity index is 1.57. The summed E-state index contributed by atoms with van der Waals surface area (Å²) in [7, 11) is 3.24. The maximum Gasteiger partial charge on any atom is 0.305 e. The second-order valence-electron chi connectivity index (χ2n) is 11.6. The summed E-state index contributed by atoms with van der Waals surface area (Å²) < 4.78 is 16.7. The Bertz CT molecular complexity index is 674. The molecule has 31 heavy (non-hydrogen) atoms. The average molecular weight is 433 g/mol. The van der Waals surface area contributed by atoms with Gasteiger partial charge < -0.3 is 14.2 Å². The van der Waals surface area contributed by atoms with E-state index in [0.29, 0.717) is 47.9 Å². The maximum atomic E-state index is 11.7. The van der Waals surface area contributed by atoms with Gasteiger partial charge >= 0.3 is 5.97 Å². The lowest BCUT2D eigenvalue weighted by Gasteiger charge is -2.62. The van der Waals surface area contributed by atoms with Crippen LogP contribution in [-0.2, 0) is 19.0 Å². The first kappa shape index (κ1) is 23.3. The first-order valence-electron chi connectivity index (χ1n) is 12.7. The first-order valence-corrected chi connectivity index (χ1v) is 12.7. The molecule has 4 aliphatic rings. The fraction of sp³-hybridized carbons (Fsp3) is 0.889. The third kappa shape index (κ3) is 4.01. The van der Waals surface area contributed by atoms with Crippen molar-refractivity contribution in [3.05, 3.63) is 12.2 Å². The van der Waals surface area contributed by atoms with Gasteiger partial charge in [0.25, 0.3) is 0 Å². The van der Waals surface area contributed by atoms with Gasteiger partial charge in [0.2, 0.25) is 0 Å². The number of hydrogen-bond donors (Lipinski definition) is 0. The summed E-state index contributed by atoms with van der Waals surface area (Å²) in [6, 6.07) is 0. The van der Waals surface area contributed by atoms with Gasteiger partial charge in [0.15, 0.2) is 0 Å². The van der Waals surface area contributed by atoms with Crippen LogP contribution < -0.4 is 0 Å². The summed E-state index contributed by atoms with van der Waals surface area (Å²) in [5.41, 5.74) is 0.779. The van der Waals surface area contributed by atoms with Crippen LogP contribution in [0.1, 0.15) is 78.6 Å². The predicted octanol–water partition coefficient (Wildman–Crippen LogP) is 6.00. The number of esters is 1. The normalized spacial score (nSPS) is 44.8. The quantitative estimate of drug-likeness (QED) is 0.281. The van der Waals surface area contributed by atoms with Crippen molar-refractivity contribution in [3.8, 4) is 0 Å². The van der Waals surface area contributed by atoms with Gasteiger partial charge in [-0.3, -0.25) is 4.79 Å². The highest BCUT2D eigenvalue weighted by Crippen LogP contribution is 2.68. The van der Waals surface area contributed by atoms with Crippen LogP contribution in [0, 0.1) is 46.3 Å². The van der Waals surface area contributed by atoms with Gasteiger partial charge in [-0.05, 0) is 97.7 Å². The molecule has 0 aliphatic heterocycles. The Kier molecular flexibility index (Phi) is 6.89. The predicted molar refractivity (Wildman–Crippen MR) is 122 cm³/mol. The van der Waals surface area contributed by atoms with E-state index in [-0.39, 0.29) is 5.97 Å². The average Bonchev–Trinajstić information content (AvgIpc) is 3.12. The molecule has 0 N–H and O–H groups in total. The lowest BCUT2D eigenvalue weighted by Crippen LogP contribution is -2.58. The molecule has 4 heteroatoms. The summed E-state index contributed by atoms with van der Waals surface area (Å²) in [6.45, 7) is 7.94. The van der Waals surface area contributed by atoms with Crippen molar-refractivity contribution >= 4 is 5.97 Å². The summed E-state index contributed by atoms with van der Waals surface area (Å²) in [5.74, 6) is 4.04. The summed E-state index contributed by atoms with van der Waals surface area (Å²) in [4.78, 5) is 11.7. The number of carbonyl (C=O) groups is 1. The molecule has 4 rings (SSSR count). The molecule has 9 atom stereocenters. The summed E-state index contributed by atoms with van der Waals surface area (Å²) in [6.07, 6.45) is 15.6. The Labute approximate surface area is 189 Å². The van der Waals surface area contributed by atoms with Gasteiger partial charge in [0, 0.05) is 13.5 Å². The second kappa shape index (κ2) is 9.17. The second-order valence-corrected chi connectivity index (χ2v) is 11.6. The van der Waals surface area contributed by atoms with Crippen LogP contribution in [0.4, 0.5) is 0 Å². The monoisotopic (exact) mass is 432 g/mol. The molecule has 0 bridgehead atoms. The number of carbonyl (C=O) groups excluding carboxylic acids is 1. The molecular weight excluding hydrogens is 388 g/mol. The molecule has 3 unspecified atom stereocenters. The molecule has 0 spiro atoms. The van der Waals surface area contributed by atoms with Crippen LogP contribution in [0.3, 0.4) is 0 Å². The van der Waals surface area contributed by atoms with E-state index >= 15 is 0 Å². The van der Waals surface area contributed by atoms with Crippen LogP contribution in [0.25, 0.3) is 0 Å². The van der Waals surface area contributed by atoms with E-state index in [1.54, 1.807) is 7.11 Å². The van der Waals surface area contributed by atoms with Crippen LogP contribution in [0.2, 0.25) is 0 Å². The molecule has 3 fully saturated rings. The highest BCUT2D eigenvalue weighted by atomic mass is 16.7. The molecule has 0 aromatic rings. The largest absolute Gasteiger partial charge is 0.469 e. The van der Waals surface area contributed by atoms with Crippen molar-refractivity contribution in [3.63, 3.8) is 0 Å². The molecule has 0 amide bonds. The van der Waals surface area contributed by atoms with Crippen molar-refractivity contribution < 1.29 is 19.0 Å². The minimum absolute atomic E-state index is 0.0695. The van der Waals surface area contributed by atoms with E-state index in [9.17, 15) is 4.79 Å². The van der Waals surface area contributed by atoms with E-state index in [0.717, 1.165) is 24.2 Å². The third-order valence-electron chi connectivity index (χ3n) is 10.4. The standard InChI is InChI=1S/C27H44O4/c1-18(9-12-24(28)30-5)20-10-11-21-25-22(13-15-27(20,21)3)26(2)14-7-6-8-19(26)16-23(25)31-17-29-4/h6-7,18-23,25H,8-17H2,1-5H3/t18-,19+,20-,21?,22?,23+,25?,26+,27-/m1/s1. The van der Waals surface area contributed by atoms with Gasteiger partial charge in [-0.25, -0.2) is 0 Å². The van der Waals surface area contributed by atoms with Crippen molar-refractivity contribution in [1.82, 2.24) is 0 Å². The minimum atomic E-state index is -0.0695. The Morgan fingerprint density at radius 2 is 1.87 bits per heavy atom. The number of fused-ring (bicyclic) bond motifs is 5. The molecule has 0 aromatic carbocycles. The maximum absolute atomic E-state index is 11.7. The number of ether oxygens (including phenoxy) is 3. The summed E-state index contributed by atoms with van der Waals surface area (Å²) >= 11 is 0. The number of allylic oxidation sites excluding steroid dienone is 2. The number of methoxy groups -OCH3 is 2. The lowest BCUT2D eigenvalue weighted by molar-refractivity contribution is -0.195. The zero-order valence-corrected chi connectivity index (χ0v) is 20.4. The zero-order chi connectivity index (χ0) is 22.2. The van der Waals surface area contributed by atoms with Crippen LogP contribution in [0.5, 0.6) is 0 Å². The van der Waals surface area contributed by atoms with Crippen molar-refractivity contribution in [1.29, 1.82) is 0 Å². The first-order chi connectivity index (χ1) is 14.8. The van der Waals surface area contributed by atoms with Gasteiger partial charge in [0.05, 0.1) is 13.2 Å². The smallest absolute Gasteiger partial charge is 0.305 e. The highest BCUT2D eigenvalue weighted by molar-refractivity contribution is 5.69. The molecule has 3 saturated carbocycles. The van der Waals surface area contributed by atoms with E-state index < -0.39 is 0 Å². The molecule has 0 heterocycles. The Hall–Kier alpha value is -0.870. The molecule has 176 valence electrons. The van der Waals surface area contributed by atoms with Crippen molar-refractivity contribution in [2.24, 2.45) is 46.3 Å². The van der Waals surface area contributed by atoms with E-state index in [1.807, 2.05) is 0 Å². The topological polar surface area (TPSA) is 44.8 Å². The lowest BCUT2D eigenvalue weighted by atomic mass is 9.44. The van der Waals surface area contributed by atoms with Gasteiger partial charge in [0.1, 0.15) is 6.79 Å². The van der Waals surface area contributed by atoms with Crippen LogP contribution in [0.15, 0.2) is 12.2 Å². The molecule has 4 nitrogen and oxygen atoms in total. The molecular formula is C27H44O4. The molecule has 0 saturated heterocycles. The van der Waals surface area contributed by atoms with Gasteiger partial charge in [-0.2, -0.15) is 0 Å². The van der Waals surface area contributed by atoms with E-state index in [1.165, 1.54) is 52.1 Å². The number of rotatable bonds is 7. The minimum Gasteiger partial charge on any atom is -0.469 e. The Morgan fingerprint density at radius 1 is 1.10 bits per heavy atom. The van der Waals surface area contributed by atoms with Crippen LogP contribution >= 0.6 is 0 Å². The van der Waals surface area contributed by atoms with Crippen LogP contribution in [-0.4, -0.2) is 33.1 Å². The van der Waals surface area contributed by atoms with Gasteiger partial charge in [-0.1, -0.05) is 32.9 Å². The van der Waals surface area contributed by atoms with Crippen molar-refractivity contribution in [2.75, 3.05) is 21.0 Å². The van der Waals surface area contributed by atoms with E-state index in [2.05, 4.69) is 32.9 Å². The Morgan fingerprint density at radius 3 is 2.61 bits per heavy atom. The molecule has 0 aromatic heterocycles. The van der Waals surface area contributed by atoms with Crippen molar-refractivity contribution in [2.45, 2.75) is 84.7 Å². The SMILES string of the molecule is COCO[C@H]1C[C@@H]2CC=CC[C@]2(C)C2CC[C@@]3(C)C(CC[C@@H]3[C@H](C)CCC(=O)OC)C21. The third-order valence-corrected chi connectivity index (χ3v) is 10.4. The van der Waals surface area contributed by atoms with Gasteiger partial charge in [-0.15, -0.1) is 0 Å². The van der Waals surface area contributed by atoms with E-state index in [4.69, 9.17) is 14.2 Å². The fourth-order valence-electron chi connectivity index (χ4n) is 8.73. The fourth-order valence-corrected chi connectivity index (χ4v) is 8.73. The summed E-state index contributed by atoms with van der Waals surface area (Å²) in [5, 5.41) is 0. The number of hydrogen-bond acceptors (Lipinski definition) is 4.